The van der Waals surface area contributed by atoms with Crippen molar-refractivity contribution in [1.29, 1.82) is 0 Å². The standard InChI is InChI=1S/C7H12N4O/c12-7-9-5-10-11(7)6-2-1-3-8-4-6/h5-6,8H,1-4H2,(H,9,10,12). The Labute approximate surface area is 69.8 Å². The van der Waals surface area contributed by atoms with E-state index in [2.05, 4.69) is 15.4 Å². The minimum Gasteiger partial charge on any atom is -0.315 e. The third-order valence-electron chi connectivity index (χ3n) is 2.19. The predicted molar refractivity (Wildman–Crippen MR) is 44.0 cm³/mol. The van der Waals surface area contributed by atoms with Crippen LogP contribution in [0, 0.1) is 0 Å². The van der Waals surface area contributed by atoms with Crippen LogP contribution in [0.3, 0.4) is 0 Å². The molecular weight excluding hydrogens is 156 g/mol. The van der Waals surface area contributed by atoms with Gasteiger partial charge in [0.15, 0.2) is 0 Å². The van der Waals surface area contributed by atoms with Gasteiger partial charge in [-0.2, -0.15) is 5.10 Å². The van der Waals surface area contributed by atoms with Crippen molar-refractivity contribution in [1.82, 2.24) is 20.1 Å². The third-order valence-corrected chi connectivity index (χ3v) is 2.19. The molecule has 5 heteroatoms. The number of piperidine rings is 1. The van der Waals surface area contributed by atoms with E-state index in [0.29, 0.717) is 0 Å². The second kappa shape index (κ2) is 3.10. The Kier molecular flexibility index (Phi) is 1.95. The summed E-state index contributed by atoms with van der Waals surface area (Å²) in [6.45, 7) is 1.90. The number of hydrogen-bond donors (Lipinski definition) is 2. The molecule has 0 amide bonds. The van der Waals surface area contributed by atoms with Gasteiger partial charge >= 0.3 is 5.69 Å². The molecule has 0 aromatic carbocycles. The first-order valence-electron chi connectivity index (χ1n) is 4.21. The zero-order chi connectivity index (χ0) is 8.39. The Bertz CT molecular complexity index is 296. The van der Waals surface area contributed by atoms with Gasteiger partial charge in [-0.3, -0.25) is 4.98 Å². The van der Waals surface area contributed by atoms with E-state index in [0.717, 1.165) is 25.9 Å². The lowest BCUT2D eigenvalue weighted by molar-refractivity contribution is 0.339. The van der Waals surface area contributed by atoms with Crippen LogP contribution in [0.1, 0.15) is 18.9 Å². The minimum atomic E-state index is -0.108. The van der Waals surface area contributed by atoms with E-state index >= 15 is 0 Å². The molecule has 2 heterocycles. The van der Waals surface area contributed by atoms with Gasteiger partial charge in [-0.15, -0.1) is 0 Å². The summed E-state index contributed by atoms with van der Waals surface area (Å²) < 4.78 is 1.52. The topological polar surface area (TPSA) is 62.7 Å². The van der Waals surface area contributed by atoms with Gasteiger partial charge < -0.3 is 5.32 Å². The molecule has 1 saturated heterocycles. The van der Waals surface area contributed by atoms with Crippen LogP contribution in [0.15, 0.2) is 11.1 Å². The summed E-state index contributed by atoms with van der Waals surface area (Å²) >= 11 is 0. The molecule has 1 unspecified atom stereocenters. The second-order valence-corrected chi connectivity index (χ2v) is 3.04. The van der Waals surface area contributed by atoms with Gasteiger partial charge in [0.1, 0.15) is 6.33 Å². The highest BCUT2D eigenvalue weighted by Gasteiger charge is 2.16. The summed E-state index contributed by atoms with van der Waals surface area (Å²) in [5.74, 6) is 0. The van der Waals surface area contributed by atoms with Crippen LogP contribution in [-0.2, 0) is 0 Å². The van der Waals surface area contributed by atoms with E-state index in [1.165, 1.54) is 11.0 Å². The lowest BCUT2D eigenvalue weighted by Crippen LogP contribution is -2.36. The fraction of sp³-hybridized carbons (Fsp3) is 0.714. The molecule has 0 saturated carbocycles. The number of aromatic nitrogens is 3. The quantitative estimate of drug-likeness (QED) is 0.594. The first-order chi connectivity index (χ1) is 5.88. The first-order valence-corrected chi connectivity index (χ1v) is 4.21. The summed E-state index contributed by atoms with van der Waals surface area (Å²) in [7, 11) is 0. The van der Waals surface area contributed by atoms with E-state index in [1.54, 1.807) is 0 Å². The van der Waals surface area contributed by atoms with Gasteiger partial charge in [-0.05, 0) is 19.4 Å². The average Bonchev–Trinajstić information content (AvgIpc) is 2.53. The molecule has 1 aromatic rings. The number of aromatic amines is 1. The van der Waals surface area contributed by atoms with Crippen molar-refractivity contribution in [2.45, 2.75) is 18.9 Å². The maximum Gasteiger partial charge on any atom is 0.343 e. The van der Waals surface area contributed by atoms with Crippen LogP contribution < -0.4 is 11.0 Å². The highest BCUT2D eigenvalue weighted by Crippen LogP contribution is 2.12. The zero-order valence-electron chi connectivity index (χ0n) is 6.79. The number of nitrogens with zero attached hydrogens (tertiary/aromatic N) is 2. The van der Waals surface area contributed by atoms with Gasteiger partial charge in [0.05, 0.1) is 6.04 Å². The van der Waals surface area contributed by atoms with E-state index in [1.807, 2.05) is 0 Å². The van der Waals surface area contributed by atoms with E-state index < -0.39 is 0 Å². The molecule has 5 nitrogen and oxygen atoms in total. The van der Waals surface area contributed by atoms with E-state index in [9.17, 15) is 4.79 Å². The van der Waals surface area contributed by atoms with Crippen molar-refractivity contribution in [3.8, 4) is 0 Å². The van der Waals surface area contributed by atoms with Gasteiger partial charge in [0.25, 0.3) is 0 Å². The summed E-state index contributed by atoms with van der Waals surface area (Å²) in [5, 5.41) is 7.18. The van der Waals surface area contributed by atoms with E-state index in [4.69, 9.17) is 0 Å². The molecular formula is C7H12N4O. The van der Waals surface area contributed by atoms with Gasteiger partial charge in [0.2, 0.25) is 0 Å². The lowest BCUT2D eigenvalue weighted by atomic mass is 10.1. The molecule has 1 aromatic heterocycles. The Morgan fingerprint density at radius 3 is 3.17 bits per heavy atom. The highest BCUT2D eigenvalue weighted by atomic mass is 16.1. The van der Waals surface area contributed by atoms with Gasteiger partial charge in [0, 0.05) is 6.54 Å². The molecule has 1 atom stereocenters. The molecule has 1 aliphatic heterocycles. The Hall–Kier alpha value is -1.10. The van der Waals surface area contributed by atoms with E-state index in [-0.39, 0.29) is 11.7 Å². The maximum absolute atomic E-state index is 11.1. The molecule has 0 aliphatic carbocycles. The summed E-state index contributed by atoms with van der Waals surface area (Å²) in [6, 6.07) is 0.234. The largest absolute Gasteiger partial charge is 0.343 e. The van der Waals surface area contributed by atoms with Crippen LogP contribution in [0.4, 0.5) is 0 Å². The van der Waals surface area contributed by atoms with Crippen molar-refractivity contribution >= 4 is 0 Å². The molecule has 1 aliphatic rings. The van der Waals surface area contributed by atoms with Crippen molar-refractivity contribution in [2.75, 3.05) is 13.1 Å². The summed E-state index contributed by atoms with van der Waals surface area (Å²) in [6.07, 6.45) is 3.60. The predicted octanol–water partition coefficient (Wildman–Crippen LogP) is -0.504. The van der Waals surface area contributed by atoms with Gasteiger partial charge in [-0.25, -0.2) is 9.48 Å². The fourth-order valence-electron chi connectivity index (χ4n) is 1.57. The summed E-state index contributed by atoms with van der Waals surface area (Å²) in [5.41, 5.74) is -0.108. The lowest BCUT2D eigenvalue weighted by Gasteiger charge is -2.21. The van der Waals surface area contributed by atoms with Crippen molar-refractivity contribution in [3.63, 3.8) is 0 Å². The Balaban J connectivity index is 2.18. The first kappa shape index (κ1) is 7.54. The third kappa shape index (κ3) is 1.27. The number of nitrogens with one attached hydrogen (secondary N) is 2. The van der Waals surface area contributed by atoms with Crippen LogP contribution in [0.25, 0.3) is 0 Å². The molecule has 2 rings (SSSR count). The Morgan fingerprint density at radius 2 is 2.58 bits per heavy atom. The zero-order valence-corrected chi connectivity index (χ0v) is 6.79. The molecule has 0 radical (unpaired) electrons. The van der Waals surface area contributed by atoms with Crippen LogP contribution in [0.5, 0.6) is 0 Å². The fourth-order valence-corrected chi connectivity index (χ4v) is 1.57. The van der Waals surface area contributed by atoms with Crippen molar-refractivity contribution < 1.29 is 0 Å². The van der Waals surface area contributed by atoms with Crippen LogP contribution >= 0.6 is 0 Å². The molecule has 1 fully saturated rings. The maximum atomic E-state index is 11.1. The number of hydrogen-bond acceptors (Lipinski definition) is 3. The highest BCUT2D eigenvalue weighted by molar-refractivity contribution is 4.75. The SMILES string of the molecule is O=c1[nH]cnn1C1CCCNC1. The van der Waals surface area contributed by atoms with Gasteiger partial charge in [-0.1, -0.05) is 0 Å². The average molecular weight is 168 g/mol. The second-order valence-electron chi connectivity index (χ2n) is 3.04. The normalized spacial score (nSPS) is 24.2. The number of H-pyrrole nitrogens is 1. The smallest absolute Gasteiger partial charge is 0.315 e. The van der Waals surface area contributed by atoms with Crippen LogP contribution in [-0.4, -0.2) is 27.9 Å². The van der Waals surface area contributed by atoms with Crippen molar-refractivity contribution in [2.24, 2.45) is 0 Å². The number of rotatable bonds is 1. The Morgan fingerprint density at radius 1 is 1.67 bits per heavy atom. The molecule has 12 heavy (non-hydrogen) atoms. The summed E-state index contributed by atoms with van der Waals surface area (Å²) in [4.78, 5) is 13.7. The molecule has 2 N–H and O–H groups in total. The molecule has 0 spiro atoms. The molecule has 0 bridgehead atoms. The molecule has 66 valence electrons. The van der Waals surface area contributed by atoms with Crippen LogP contribution in [0.2, 0.25) is 0 Å². The minimum absolute atomic E-state index is 0.108. The van der Waals surface area contributed by atoms with Crippen molar-refractivity contribution in [3.05, 3.63) is 16.8 Å². The monoisotopic (exact) mass is 168 g/mol.